The van der Waals surface area contributed by atoms with Gasteiger partial charge in [-0.3, -0.25) is 4.99 Å². The number of aliphatic imine (C=N–C) groups is 1. The van der Waals surface area contributed by atoms with E-state index in [1.54, 1.807) is 11.3 Å². The molecule has 1 aromatic carbocycles. The number of hydrogen-bond donors (Lipinski definition) is 2. The Kier molecular flexibility index (Phi) is 8.09. The van der Waals surface area contributed by atoms with Crippen molar-refractivity contribution in [3.8, 4) is 0 Å². The number of fused-ring (bicyclic) bond motifs is 1. The summed E-state index contributed by atoms with van der Waals surface area (Å²) in [5.74, 6) is 0.926. The summed E-state index contributed by atoms with van der Waals surface area (Å²) in [5.41, 5.74) is 4.93. The largest absolute Gasteiger partial charge is 0.361 e. The normalized spacial score (nSPS) is 11.5. The van der Waals surface area contributed by atoms with Gasteiger partial charge >= 0.3 is 0 Å². The molecule has 0 aliphatic rings. The molecule has 0 bridgehead atoms. The third-order valence-electron chi connectivity index (χ3n) is 4.40. The van der Waals surface area contributed by atoms with Gasteiger partial charge in [0.25, 0.3) is 0 Å². The zero-order valence-corrected chi connectivity index (χ0v) is 19.5. The van der Waals surface area contributed by atoms with Crippen LogP contribution in [0.15, 0.2) is 34.8 Å². The fraction of sp³-hybridized carbons (Fsp3) is 0.400. The summed E-state index contributed by atoms with van der Waals surface area (Å²) in [7, 11) is 2.06. The number of aromatic amines is 1. The molecule has 0 aliphatic carbocycles. The predicted molar refractivity (Wildman–Crippen MR) is 126 cm³/mol. The topological polar surface area (TPSA) is 56.3 Å². The van der Waals surface area contributed by atoms with Gasteiger partial charge in [-0.1, -0.05) is 12.1 Å². The van der Waals surface area contributed by atoms with Gasteiger partial charge in [-0.05, 0) is 44.4 Å². The van der Waals surface area contributed by atoms with Crippen molar-refractivity contribution in [3.05, 3.63) is 51.6 Å². The van der Waals surface area contributed by atoms with Crippen molar-refractivity contribution >= 4 is 52.2 Å². The molecule has 0 unspecified atom stereocenters. The Morgan fingerprint density at radius 1 is 1.33 bits per heavy atom. The van der Waals surface area contributed by atoms with Crippen LogP contribution in [0.5, 0.6) is 0 Å². The molecular formula is C20H28IN5S. The molecule has 2 N–H and O–H groups in total. The van der Waals surface area contributed by atoms with E-state index in [9.17, 15) is 0 Å². The third-order valence-corrected chi connectivity index (χ3v) is 5.22. The zero-order valence-electron chi connectivity index (χ0n) is 16.4. The number of nitrogens with one attached hydrogen (secondary N) is 2. The molecule has 3 rings (SSSR count). The van der Waals surface area contributed by atoms with Crippen LogP contribution in [0.4, 0.5) is 0 Å². The third kappa shape index (κ3) is 5.44. The molecule has 146 valence electrons. The number of halogens is 1. The summed E-state index contributed by atoms with van der Waals surface area (Å²) in [6.07, 6.45) is 3.03. The van der Waals surface area contributed by atoms with Crippen molar-refractivity contribution in [2.45, 2.75) is 33.7 Å². The quantitative estimate of drug-likeness (QED) is 0.300. The predicted octanol–water partition coefficient (Wildman–Crippen LogP) is 4.50. The lowest BCUT2D eigenvalue weighted by molar-refractivity contribution is 0.471. The van der Waals surface area contributed by atoms with E-state index >= 15 is 0 Å². The van der Waals surface area contributed by atoms with Crippen molar-refractivity contribution in [1.29, 1.82) is 0 Å². The maximum absolute atomic E-state index is 4.82. The molecule has 27 heavy (non-hydrogen) atoms. The lowest BCUT2D eigenvalue weighted by Gasteiger charge is -2.21. The average Bonchev–Trinajstić information content (AvgIpc) is 3.21. The molecule has 7 heteroatoms. The first-order valence-electron chi connectivity index (χ1n) is 9.04. The van der Waals surface area contributed by atoms with Gasteiger partial charge in [-0.15, -0.1) is 35.3 Å². The van der Waals surface area contributed by atoms with Crippen molar-refractivity contribution in [3.63, 3.8) is 0 Å². The second kappa shape index (κ2) is 10.1. The van der Waals surface area contributed by atoms with Crippen LogP contribution in [0.3, 0.4) is 0 Å². The van der Waals surface area contributed by atoms with Crippen molar-refractivity contribution in [2.24, 2.45) is 4.99 Å². The molecule has 0 aliphatic heterocycles. The van der Waals surface area contributed by atoms with E-state index in [-0.39, 0.29) is 24.0 Å². The Bertz CT molecular complexity index is 899. The number of thiazole rings is 1. The minimum absolute atomic E-state index is 0. The second-order valence-corrected chi connectivity index (χ2v) is 7.57. The van der Waals surface area contributed by atoms with Crippen LogP contribution in [0.25, 0.3) is 10.9 Å². The van der Waals surface area contributed by atoms with Crippen LogP contribution in [0.1, 0.15) is 28.8 Å². The van der Waals surface area contributed by atoms with E-state index in [1.165, 1.54) is 22.0 Å². The zero-order chi connectivity index (χ0) is 18.5. The summed E-state index contributed by atoms with van der Waals surface area (Å²) in [6.45, 7) is 8.67. The van der Waals surface area contributed by atoms with Gasteiger partial charge in [0, 0.05) is 42.6 Å². The molecule has 2 aromatic heterocycles. The van der Waals surface area contributed by atoms with Crippen LogP contribution in [0, 0.1) is 13.8 Å². The first-order valence-corrected chi connectivity index (χ1v) is 9.92. The summed E-state index contributed by atoms with van der Waals surface area (Å²) in [4.78, 5) is 14.9. The Labute approximate surface area is 182 Å². The smallest absolute Gasteiger partial charge is 0.194 e. The molecular weight excluding hydrogens is 469 g/mol. The molecule has 0 radical (unpaired) electrons. The van der Waals surface area contributed by atoms with E-state index in [2.05, 4.69) is 70.9 Å². The summed E-state index contributed by atoms with van der Waals surface area (Å²) >= 11 is 1.69. The fourth-order valence-electron chi connectivity index (χ4n) is 3.20. The first kappa shape index (κ1) is 21.7. The maximum Gasteiger partial charge on any atom is 0.194 e. The average molecular weight is 497 g/mol. The van der Waals surface area contributed by atoms with Gasteiger partial charge in [-0.25, -0.2) is 4.98 Å². The van der Waals surface area contributed by atoms with Gasteiger partial charge in [0.05, 0.1) is 17.2 Å². The number of nitrogens with zero attached hydrogens (tertiary/aromatic N) is 3. The lowest BCUT2D eigenvalue weighted by Crippen LogP contribution is -2.38. The molecule has 2 heterocycles. The Morgan fingerprint density at radius 3 is 2.85 bits per heavy atom. The van der Waals surface area contributed by atoms with E-state index in [1.807, 2.05) is 6.92 Å². The number of benzene rings is 1. The monoisotopic (exact) mass is 497 g/mol. The van der Waals surface area contributed by atoms with E-state index in [0.29, 0.717) is 0 Å². The molecule has 0 saturated carbocycles. The molecule has 3 aromatic rings. The standard InChI is InChI=1S/C20H27N5S.HI/c1-5-21-20(25(4)12-17-13-26-15(3)24-17)22-10-9-16-11-23-18-8-6-7-14(2)19(16)18;/h6-8,11,13,23H,5,9-10,12H2,1-4H3,(H,21,22);1H. The Balaban J connectivity index is 0.00000261. The molecule has 0 spiro atoms. The number of H-pyrrole nitrogens is 1. The number of aryl methyl sites for hydroxylation is 2. The fourth-order valence-corrected chi connectivity index (χ4v) is 3.80. The van der Waals surface area contributed by atoms with Gasteiger partial charge in [-0.2, -0.15) is 0 Å². The lowest BCUT2D eigenvalue weighted by atomic mass is 10.1. The highest BCUT2D eigenvalue weighted by atomic mass is 127. The highest BCUT2D eigenvalue weighted by molar-refractivity contribution is 14.0. The van der Waals surface area contributed by atoms with Crippen LogP contribution in [-0.2, 0) is 13.0 Å². The molecule has 0 atom stereocenters. The van der Waals surface area contributed by atoms with Crippen molar-refractivity contribution in [2.75, 3.05) is 20.1 Å². The maximum atomic E-state index is 4.82. The van der Waals surface area contributed by atoms with Crippen LogP contribution >= 0.6 is 35.3 Å². The molecule has 0 amide bonds. The van der Waals surface area contributed by atoms with Gasteiger partial charge in [0.15, 0.2) is 5.96 Å². The first-order chi connectivity index (χ1) is 12.6. The van der Waals surface area contributed by atoms with E-state index in [4.69, 9.17) is 4.99 Å². The van der Waals surface area contributed by atoms with Gasteiger partial charge < -0.3 is 15.2 Å². The molecule has 0 fully saturated rings. The Hall–Kier alpha value is -1.61. The number of rotatable bonds is 6. The molecule has 5 nitrogen and oxygen atoms in total. The summed E-state index contributed by atoms with van der Waals surface area (Å²) in [6, 6.07) is 6.38. The second-order valence-electron chi connectivity index (χ2n) is 6.51. The van der Waals surface area contributed by atoms with Crippen LogP contribution in [0.2, 0.25) is 0 Å². The highest BCUT2D eigenvalue weighted by Gasteiger charge is 2.09. The molecule has 0 saturated heterocycles. The number of aromatic nitrogens is 2. The summed E-state index contributed by atoms with van der Waals surface area (Å²) < 4.78 is 0. The van der Waals surface area contributed by atoms with Gasteiger partial charge in [0.1, 0.15) is 0 Å². The van der Waals surface area contributed by atoms with E-state index < -0.39 is 0 Å². The van der Waals surface area contributed by atoms with Gasteiger partial charge in [0.2, 0.25) is 0 Å². The number of guanidine groups is 1. The minimum Gasteiger partial charge on any atom is -0.361 e. The van der Waals surface area contributed by atoms with Crippen molar-refractivity contribution < 1.29 is 0 Å². The SMILES string of the molecule is CCNC(=NCCc1c[nH]c2cccc(C)c12)N(C)Cc1csc(C)n1.I. The minimum atomic E-state index is 0. The van der Waals surface area contributed by atoms with Crippen molar-refractivity contribution in [1.82, 2.24) is 20.2 Å². The summed E-state index contributed by atoms with van der Waals surface area (Å²) in [5, 5.41) is 7.93. The van der Waals surface area contributed by atoms with Crippen LogP contribution in [-0.4, -0.2) is 41.0 Å². The Morgan fingerprint density at radius 2 is 2.15 bits per heavy atom. The number of hydrogen-bond acceptors (Lipinski definition) is 3. The van der Waals surface area contributed by atoms with E-state index in [0.717, 1.165) is 42.7 Å². The van der Waals surface area contributed by atoms with Crippen LogP contribution < -0.4 is 5.32 Å². The highest BCUT2D eigenvalue weighted by Crippen LogP contribution is 2.22.